The number of hydrogen-bond acceptors (Lipinski definition) is 4. The van der Waals surface area contributed by atoms with Gasteiger partial charge in [-0.2, -0.15) is 0 Å². The highest BCUT2D eigenvalue weighted by Crippen LogP contribution is 2.42. The first-order chi connectivity index (χ1) is 9.89. The predicted molar refractivity (Wildman–Crippen MR) is 89.8 cm³/mol. The molecule has 0 aromatic carbocycles. The molecule has 21 heavy (non-hydrogen) atoms. The van der Waals surface area contributed by atoms with Gasteiger partial charge in [0.15, 0.2) is 0 Å². The second kappa shape index (κ2) is 5.64. The molecule has 2 unspecified atom stereocenters. The quantitative estimate of drug-likeness (QED) is 0.924. The molecule has 2 aliphatic rings. The number of nitrogens with one attached hydrogen (secondary N) is 1. The van der Waals surface area contributed by atoms with Crippen molar-refractivity contribution in [3.8, 4) is 0 Å². The lowest BCUT2D eigenvalue weighted by molar-refractivity contribution is 0.0462. The molecule has 118 valence electrons. The van der Waals surface area contributed by atoms with Crippen LogP contribution in [-0.2, 0) is 6.54 Å². The van der Waals surface area contributed by atoms with Crippen LogP contribution >= 0.6 is 11.3 Å². The number of piperazine rings is 1. The summed E-state index contributed by atoms with van der Waals surface area (Å²) in [6, 6.07) is 0.626. The van der Waals surface area contributed by atoms with E-state index in [0.717, 1.165) is 25.6 Å². The van der Waals surface area contributed by atoms with Crippen molar-refractivity contribution in [1.29, 1.82) is 0 Å². The molecule has 1 aliphatic carbocycles. The van der Waals surface area contributed by atoms with Crippen LogP contribution in [0.2, 0.25) is 0 Å². The Morgan fingerprint density at radius 1 is 1.38 bits per heavy atom. The van der Waals surface area contributed by atoms with Crippen LogP contribution in [0.4, 0.5) is 0 Å². The summed E-state index contributed by atoms with van der Waals surface area (Å²) in [6.07, 6.45) is 2.80. The molecule has 1 saturated carbocycles. The Morgan fingerprint density at radius 2 is 2.10 bits per heavy atom. The van der Waals surface area contributed by atoms with Gasteiger partial charge >= 0.3 is 0 Å². The van der Waals surface area contributed by atoms with Gasteiger partial charge in [-0.1, -0.05) is 13.8 Å². The van der Waals surface area contributed by atoms with Crippen LogP contribution in [0.3, 0.4) is 0 Å². The molecule has 4 heteroatoms. The van der Waals surface area contributed by atoms with Gasteiger partial charge < -0.3 is 5.32 Å². The summed E-state index contributed by atoms with van der Waals surface area (Å²) < 4.78 is 0. The van der Waals surface area contributed by atoms with Crippen molar-refractivity contribution in [2.45, 2.75) is 65.6 Å². The van der Waals surface area contributed by atoms with Gasteiger partial charge in [0.2, 0.25) is 0 Å². The van der Waals surface area contributed by atoms with Crippen molar-refractivity contribution in [3.63, 3.8) is 0 Å². The van der Waals surface area contributed by atoms with E-state index >= 15 is 0 Å². The maximum Gasteiger partial charge on any atom is 0.107 e. The van der Waals surface area contributed by atoms with E-state index < -0.39 is 0 Å². The second-order valence-corrected chi connectivity index (χ2v) is 8.83. The fourth-order valence-corrected chi connectivity index (χ4v) is 4.63. The first kappa shape index (κ1) is 15.4. The molecule has 2 atom stereocenters. The van der Waals surface area contributed by atoms with E-state index in [-0.39, 0.29) is 0 Å². The number of aryl methyl sites for hydroxylation is 2. The maximum atomic E-state index is 4.76. The van der Waals surface area contributed by atoms with Crippen LogP contribution in [0, 0.1) is 25.7 Å². The van der Waals surface area contributed by atoms with E-state index in [2.05, 4.69) is 44.8 Å². The highest BCUT2D eigenvalue weighted by molar-refractivity contribution is 7.11. The van der Waals surface area contributed by atoms with Crippen molar-refractivity contribution in [1.82, 2.24) is 15.2 Å². The number of thiazole rings is 1. The van der Waals surface area contributed by atoms with E-state index in [0.29, 0.717) is 17.5 Å². The molecule has 2 heterocycles. The Balaban J connectivity index is 1.76. The lowest BCUT2D eigenvalue weighted by Crippen LogP contribution is -2.64. The molecule has 0 bridgehead atoms. The fourth-order valence-electron chi connectivity index (χ4n) is 3.67. The third-order valence-electron chi connectivity index (χ3n) is 5.37. The molecule has 1 aliphatic heterocycles. The van der Waals surface area contributed by atoms with E-state index in [1.165, 1.54) is 28.4 Å². The Morgan fingerprint density at radius 3 is 2.62 bits per heavy atom. The lowest BCUT2D eigenvalue weighted by atomic mass is 9.88. The summed E-state index contributed by atoms with van der Waals surface area (Å²) >= 11 is 1.87. The van der Waals surface area contributed by atoms with E-state index in [4.69, 9.17) is 4.98 Å². The minimum atomic E-state index is 0.312. The molecule has 1 saturated heterocycles. The summed E-state index contributed by atoms with van der Waals surface area (Å²) in [6.45, 7) is 14.7. The predicted octanol–water partition coefficient (Wildman–Crippen LogP) is 3.36. The molecule has 0 amide bonds. The van der Waals surface area contributed by atoms with Gasteiger partial charge in [-0.3, -0.25) is 4.90 Å². The molecule has 3 nitrogen and oxygen atoms in total. The Bertz CT molecular complexity index is 487. The SMILES string of the molecule is Cc1nc(CN2CC(C)(C3CC3)NCC2C(C)C)sc1C. The normalized spacial score (nSPS) is 31.0. The summed E-state index contributed by atoms with van der Waals surface area (Å²) in [5.74, 6) is 1.57. The van der Waals surface area contributed by atoms with Gasteiger partial charge in [0, 0.05) is 29.5 Å². The van der Waals surface area contributed by atoms with Crippen LogP contribution in [0.15, 0.2) is 0 Å². The average Bonchev–Trinajstić information content (AvgIpc) is 3.18. The molecular weight excluding hydrogens is 278 g/mol. The number of rotatable bonds is 4. The fraction of sp³-hybridized carbons (Fsp3) is 0.824. The van der Waals surface area contributed by atoms with Crippen molar-refractivity contribution < 1.29 is 0 Å². The molecule has 0 spiro atoms. The van der Waals surface area contributed by atoms with Crippen molar-refractivity contribution in [2.75, 3.05) is 13.1 Å². The summed E-state index contributed by atoms with van der Waals surface area (Å²) in [5.41, 5.74) is 1.52. The van der Waals surface area contributed by atoms with Crippen LogP contribution in [0.5, 0.6) is 0 Å². The molecule has 3 rings (SSSR count). The molecule has 2 fully saturated rings. The highest BCUT2D eigenvalue weighted by Gasteiger charge is 2.46. The molecular formula is C17H29N3S. The van der Waals surface area contributed by atoms with Gasteiger partial charge in [-0.05, 0) is 45.4 Å². The van der Waals surface area contributed by atoms with Gasteiger partial charge in [-0.25, -0.2) is 4.98 Å². The number of hydrogen-bond donors (Lipinski definition) is 1. The molecule has 1 aromatic heterocycles. The van der Waals surface area contributed by atoms with Crippen LogP contribution in [-0.4, -0.2) is 34.6 Å². The van der Waals surface area contributed by atoms with Crippen LogP contribution in [0.25, 0.3) is 0 Å². The summed E-state index contributed by atoms with van der Waals surface area (Å²) in [7, 11) is 0. The number of aromatic nitrogens is 1. The lowest BCUT2D eigenvalue weighted by Gasteiger charge is -2.48. The smallest absolute Gasteiger partial charge is 0.107 e. The van der Waals surface area contributed by atoms with Crippen molar-refractivity contribution >= 4 is 11.3 Å². The minimum Gasteiger partial charge on any atom is -0.308 e. The zero-order valence-corrected chi connectivity index (χ0v) is 14.9. The topological polar surface area (TPSA) is 28.2 Å². The first-order valence-electron chi connectivity index (χ1n) is 8.31. The zero-order valence-electron chi connectivity index (χ0n) is 14.1. The molecule has 1 aromatic rings. The minimum absolute atomic E-state index is 0.312. The van der Waals surface area contributed by atoms with Gasteiger partial charge in [0.05, 0.1) is 12.2 Å². The average molecular weight is 308 g/mol. The highest BCUT2D eigenvalue weighted by atomic mass is 32.1. The Kier molecular flexibility index (Phi) is 4.15. The first-order valence-corrected chi connectivity index (χ1v) is 9.12. The second-order valence-electron chi connectivity index (χ2n) is 7.54. The van der Waals surface area contributed by atoms with Gasteiger partial charge in [-0.15, -0.1) is 11.3 Å². The van der Waals surface area contributed by atoms with Gasteiger partial charge in [0.25, 0.3) is 0 Å². The summed E-state index contributed by atoms with van der Waals surface area (Å²) in [4.78, 5) is 8.82. The third kappa shape index (κ3) is 3.17. The van der Waals surface area contributed by atoms with E-state index in [1.807, 2.05) is 11.3 Å². The summed E-state index contributed by atoms with van der Waals surface area (Å²) in [5, 5.41) is 5.15. The monoisotopic (exact) mass is 307 g/mol. The van der Waals surface area contributed by atoms with Gasteiger partial charge in [0.1, 0.15) is 5.01 Å². The molecule has 0 radical (unpaired) electrons. The van der Waals surface area contributed by atoms with E-state index in [9.17, 15) is 0 Å². The standard InChI is InChI=1S/C17H29N3S/c1-11(2)15-8-18-17(5,14-6-7-14)10-20(15)9-16-19-12(3)13(4)21-16/h11,14-15,18H,6-10H2,1-5H3. The Labute approximate surface area is 133 Å². The maximum absolute atomic E-state index is 4.76. The van der Waals surface area contributed by atoms with Crippen LogP contribution < -0.4 is 5.32 Å². The van der Waals surface area contributed by atoms with E-state index in [1.54, 1.807) is 0 Å². The number of nitrogens with zero attached hydrogens (tertiary/aromatic N) is 2. The largest absolute Gasteiger partial charge is 0.308 e. The zero-order chi connectivity index (χ0) is 15.2. The van der Waals surface area contributed by atoms with Crippen molar-refractivity contribution in [3.05, 3.63) is 15.6 Å². The molecule has 1 N–H and O–H groups in total. The van der Waals surface area contributed by atoms with Crippen LogP contribution in [0.1, 0.15) is 49.2 Å². The Hall–Kier alpha value is -0.450. The third-order valence-corrected chi connectivity index (χ3v) is 6.43. The van der Waals surface area contributed by atoms with Crippen molar-refractivity contribution in [2.24, 2.45) is 11.8 Å².